The number of nitrogens with zero attached hydrogens (tertiary/aromatic N) is 2. The number of aromatic nitrogens is 1. The van der Waals surface area contributed by atoms with Crippen molar-refractivity contribution in [2.75, 3.05) is 19.6 Å². The number of carbonyl (C=O) groups excluding carboxylic acids is 1. The second-order valence-electron chi connectivity index (χ2n) is 8.92. The first-order valence-electron chi connectivity index (χ1n) is 11.7. The number of nitrogens with one attached hydrogen (secondary N) is 1. The Hall–Kier alpha value is -2.50. The lowest BCUT2D eigenvalue weighted by atomic mass is 9.97. The Kier molecular flexibility index (Phi) is 7.38. The van der Waals surface area contributed by atoms with Crippen LogP contribution in [0.4, 0.5) is 0 Å². The highest BCUT2D eigenvalue weighted by atomic mass is 32.1. The van der Waals surface area contributed by atoms with E-state index in [1.165, 1.54) is 30.4 Å². The highest BCUT2D eigenvalue weighted by Crippen LogP contribution is 2.30. The van der Waals surface area contributed by atoms with Gasteiger partial charge in [-0.3, -0.25) is 9.69 Å². The van der Waals surface area contributed by atoms with Gasteiger partial charge in [0.05, 0.1) is 15.9 Å². The maximum atomic E-state index is 13.2. The van der Waals surface area contributed by atoms with Crippen LogP contribution in [0.25, 0.3) is 10.4 Å². The molecule has 2 heterocycles. The number of hydrogen-bond acceptors (Lipinski definition) is 4. The monoisotopic (exact) mass is 447 g/mol. The molecule has 168 valence electrons. The number of hydrogen-bond donors (Lipinski definition) is 1. The van der Waals surface area contributed by atoms with E-state index in [9.17, 15) is 4.79 Å². The first-order valence-corrected chi connectivity index (χ1v) is 12.5. The summed E-state index contributed by atoms with van der Waals surface area (Å²) in [7, 11) is 0. The van der Waals surface area contributed by atoms with Gasteiger partial charge in [0.15, 0.2) is 0 Å². The molecule has 1 atom stereocenters. The molecule has 32 heavy (non-hydrogen) atoms. The Morgan fingerprint density at radius 3 is 2.31 bits per heavy atom. The van der Waals surface area contributed by atoms with E-state index in [0.29, 0.717) is 18.2 Å². The van der Waals surface area contributed by atoms with E-state index in [1.807, 2.05) is 37.3 Å². The minimum Gasteiger partial charge on any atom is -0.349 e. The Morgan fingerprint density at radius 2 is 1.66 bits per heavy atom. The molecular weight excluding hydrogens is 414 g/mol. The van der Waals surface area contributed by atoms with Crippen LogP contribution in [0.15, 0.2) is 54.6 Å². The first-order chi connectivity index (χ1) is 15.5. The summed E-state index contributed by atoms with van der Waals surface area (Å²) in [5.74, 6) is 0.426. The second kappa shape index (κ2) is 10.4. The summed E-state index contributed by atoms with van der Waals surface area (Å²) >= 11 is 1.58. The summed E-state index contributed by atoms with van der Waals surface area (Å²) in [6.45, 7) is 9.15. The summed E-state index contributed by atoms with van der Waals surface area (Å²) in [5.41, 5.74) is 4.20. The maximum Gasteiger partial charge on any atom is 0.271 e. The van der Waals surface area contributed by atoms with Crippen LogP contribution >= 0.6 is 11.3 Å². The van der Waals surface area contributed by atoms with E-state index in [0.717, 1.165) is 28.5 Å². The summed E-state index contributed by atoms with van der Waals surface area (Å²) in [5, 5.41) is 4.13. The highest BCUT2D eigenvalue weighted by molar-refractivity contribution is 7.15. The van der Waals surface area contributed by atoms with Crippen molar-refractivity contribution in [3.05, 3.63) is 76.4 Å². The third-order valence-corrected chi connectivity index (χ3v) is 7.28. The van der Waals surface area contributed by atoms with Gasteiger partial charge in [-0.1, -0.05) is 74.9 Å². The lowest BCUT2D eigenvalue weighted by molar-refractivity contribution is 0.0920. The van der Waals surface area contributed by atoms with E-state index in [2.05, 4.69) is 53.3 Å². The van der Waals surface area contributed by atoms with Crippen molar-refractivity contribution < 1.29 is 4.79 Å². The number of carbonyl (C=O) groups is 1. The maximum absolute atomic E-state index is 13.2. The van der Waals surface area contributed by atoms with Crippen molar-refractivity contribution >= 4 is 17.2 Å². The summed E-state index contributed by atoms with van der Waals surface area (Å²) in [6.07, 6.45) is 3.73. The number of piperidine rings is 1. The van der Waals surface area contributed by atoms with E-state index < -0.39 is 0 Å². The van der Waals surface area contributed by atoms with Crippen molar-refractivity contribution in [3.63, 3.8) is 0 Å². The SMILES string of the molecule is Cc1nc(C(=O)NCC(c2ccc(C(C)C)cc2)N2CCCCC2)c(-c2ccccc2)s1. The number of aryl methyl sites for hydroxylation is 1. The minimum absolute atomic E-state index is 0.0889. The third kappa shape index (κ3) is 5.28. The summed E-state index contributed by atoms with van der Waals surface area (Å²) < 4.78 is 0. The second-order valence-corrected chi connectivity index (χ2v) is 10.1. The topological polar surface area (TPSA) is 45.2 Å². The summed E-state index contributed by atoms with van der Waals surface area (Å²) in [4.78, 5) is 21.3. The fourth-order valence-electron chi connectivity index (χ4n) is 4.43. The largest absolute Gasteiger partial charge is 0.349 e. The lowest BCUT2D eigenvalue weighted by Gasteiger charge is -2.35. The van der Waals surface area contributed by atoms with Gasteiger partial charge < -0.3 is 5.32 Å². The first kappa shape index (κ1) is 22.7. The number of rotatable bonds is 7. The van der Waals surface area contributed by atoms with Crippen LogP contribution in [0.5, 0.6) is 0 Å². The van der Waals surface area contributed by atoms with E-state index in [1.54, 1.807) is 11.3 Å². The Bertz CT molecular complexity index is 1020. The number of thiazole rings is 1. The molecule has 5 heteroatoms. The van der Waals surface area contributed by atoms with Gasteiger partial charge in [0.25, 0.3) is 5.91 Å². The van der Waals surface area contributed by atoms with Gasteiger partial charge in [-0.15, -0.1) is 11.3 Å². The average molecular weight is 448 g/mol. The van der Waals surface area contributed by atoms with E-state index in [-0.39, 0.29) is 11.9 Å². The molecule has 1 N–H and O–H groups in total. The third-order valence-electron chi connectivity index (χ3n) is 6.26. The molecule has 0 spiro atoms. The van der Waals surface area contributed by atoms with E-state index in [4.69, 9.17) is 0 Å². The zero-order chi connectivity index (χ0) is 22.5. The standard InChI is InChI=1S/C27H33N3OS/c1-19(2)21-12-14-22(15-13-21)24(30-16-8-5-9-17-30)18-28-27(31)25-26(32-20(3)29-25)23-10-6-4-7-11-23/h4,6-7,10-15,19,24H,5,8-9,16-18H2,1-3H3,(H,28,31). The van der Waals surface area contributed by atoms with Crippen molar-refractivity contribution in [2.24, 2.45) is 0 Å². The molecule has 1 aliphatic rings. The molecule has 1 amide bonds. The molecule has 3 aromatic rings. The van der Waals surface area contributed by atoms with Crippen LogP contribution in [0, 0.1) is 6.92 Å². The number of amides is 1. The van der Waals surface area contributed by atoms with Gasteiger partial charge in [-0.2, -0.15) is 0 Å². The van der Waals surface area contributed by atoms with Crippen LogP contribution in [-0.4, -0.2) is 35.4 Å². The van der Waals surface area contributed by atoms with Crippen LogP contribution in [-0.2, 0) is 0 Å². The number of benzene rings is 2. The van der Waals surface area contributed by atoms with Gasteiger partial charge in [-0.05, 0) is 55.5 Å². The molecule has 2 aromatic carbocycles. The normalized spacial score (nSPS) is 15.6. The smallest absolute Gasteiger partial charge is 0.271 e. The molecule has 0 saturated carbocycles. The molecule has 1 aliphatic heterocycles. The molecule has 4 nitrogen and oxygen atoms in total. The molecule has 1 fully saturated rings. The fourth-order valence-corrected chi connectivity index (χ4v) is 5.35. The molecular formula is C27H33N3OS. The van der Waals surface area contributed by atoms with Crippen molar-refractivity contribution in [2.45, 2.75) is 52.0 Å². The Balaban J connectivity index is 1.54. The van der Waals surface area contributed by atoms with Gasteiger partial charge in [-0.25, -0.2) is 4.98 Å². The molecule has 1 aromatic heterocycles. The number of likely N-dealkylation sites (tertiary alicyclic amines) is 1. The molecule has 1 saturated heterocycles. The van der Waals surface area contributed by atoms with Gasteiger partial charge in [0, 0.05) is 6.54 Å². The minimum atomic E-state index is -0.0889. The van der Waals surface area contributed by atoms with Crippen LogP contribution < -0.4 is 5.32 Å². The molecule has 4 rings (SSSR count). The quantitative estimate of drug-likeness (QED) is 0.469. The average Bonchev–Trinajstić information content (AvgIpc) is 3.22. The zero-order valence-corrected chi connectivity index (χ0v) is 20.1. The fraction of sp³-hybridized carbons (Fsp3) is 0.407. The van der Waals surface area contributed by atoms with Crippen LogP contribution in [0.1, 0.15) is 71.7 Å². The van der Waals surface area contributed by atoms with Crippen LogP contribution in [0.3, 0.4) is 0 Å². The summed E-state index contributed by atoms with van der Waals surface area (Å²) in [6, 6.07) is 19.2. The van der Waals surface area contributed by atoms with Gasteiger partial charge in [0.1, 0.15) is 5.69 Å². The van der Waals surface area contributed by atoms with Gasteiger partial charge in [0.2, 0.25) is 0 Å². The van der Waals surface area contributed by atoms with Crippen molar-refractivity contribution in [1.29, 1.82) is 0 Å². The molecule has 0 radical (unpaired) electrons. The predicted octanol–water partition coefficient (Wildman–Crippen LogP) is 6.20. The molecule has 0 bridgehead atoms. The van der Waals surface area contributed by atoms with Gasteiger partial charge >= 0.3 is 0 Å². The van der Waals surface area contributed by atoms with Crippen molar-refractivity contribution in [3.8, 4) is 10.4 Å². The molecule has 0 aliphatic carbocycles. The lowest BCUT2D eigenvalue weighted by Crippen LogP contribution is -2.40. The predicted molar refractivity (Wildman–Crippen MR) is 133 cm³/mol. The van der Waals surface area contributed by atoms with E-state index >= 15 is 0 Å². The Morgan fingerprint density at radius 1 is 1.00 bits per heavy atom. The zero-order valence-electron chi connectivity index (χ0n) is 19.3. The molecule has 1 unspecified atom stereocenters. The highest BCUT2D eigenvalue weighted by Gasteiger charge is 2.25. The Labute approximate surface area is 195 Å². The van der Waals surface area contributed by atoms with Crippen LogP contribution in [0.2, 0.25) is 0 Å². The van der Waals surface area contributed by atoms with Crippen molar-refractivity contribution in [1.82, 2.24) is 15.2 Å².